The van der Waals surface area contributed by atoms with Crippen molar-refractivity contribution in [2.75, 3.05) is 0 Å². The SMILES string of the molecule is CC(C)Oc1ccccc1C(=O)c1cc(F)cc(F)c1. The first-order chi connectivity index (χ1) is 9.47. The normalized spacial score (nSPS) is 10.7. The first kappa shape index (κ1) is 14.2. The molecule has 0 saturated carbocycles. The van der Waals surface area contributed by atoms with Gasteiger partial charge in [0, 0.05) is 11.6 Å². The Morgan fingerprint density at radius 3 is 2.25 bits per heavy atom. The van der Waals surface area contributed by atoms with Gasteiger partial charge < -0.3 is 4.74 Å². The zero-order valence-electron chi connectivity index (χ0n) is 11.2. The van der Waals surface area contributed by atoms with E-state index in [4.69, 9.17) is 4.74 Å². The Hall–Kier alpha value is -2.23. The third kappa shape index (κ3) is 3.20. The molecule has 0 N–H and O–H groups in total. The molecule has 0 aliphatic carbocycles. The predicted molar refractivity (Wildman–Crippen MR) is 72.0 cm³/mol. The van der Waals surface area contributed by atoms with Gasteiger partial charge in [-0.2, -0.15) is 0 Å². The van der Waals surface area contributed by atoms with Crippen LogP contribution in [0.1, 0.15) is 29.8 Å². The molecule has 0 bridgehead atoms. The minimum Gasteiger partial charge on any atom is -0.490 e. The van der Waals surface area contributed by atoms with Crippen LogP contribution in [-0.2, 0) is 0 Å². The van der Waals surface area contributed by atoms with Crippen LogP contribution in [0.2, 0.25) is 0 Å². The largest absolute Gasteiger partial charge is 0.490 e. The highest BCUT2D eigenvalue weighted by Gasteiger charge is 2.16. The zero-order valence-corrected chi connectivity index (χ0v) is 11.2. The summed E-state index contributed by atoms with van der Waals surface area (Å²) < 4.78 is 31.9. The van der Waals surface area contributed by atoms with E-state index in [9.17, 15) is 13.6 Å². The number of carbonyl (C=O) groups excluding carboxylic acids is 1. The van der Waals surface area contributed by atoms with Crippen molar-refractivity contribution in [1.29, 1.82) is 0 Å². The number of para-hydroxylation sites is 1. The molecule has 0 unspecified atom stereocenters. The number of hydrogen-bond acceptors (Lipinski definition) is 2. The van der Waals surface area contributed by atoms with E-state index in [0.717, 1.165) is 18.2 Å². The molecule has 0 aliphatic rings. The number of benzene rings is 2. The molecule has 0 aromatic heterocycles. The number of hydrogen-bond donors (Lipinski definition) is 0. The Balaban J connectivity index is 2.42. The third-order valence-corrected chi connectivity index (χ3v) is 2.62. The average molecular weight is 276 g/mol. The second-order valence-electron chi connectivity index (χ2n) is 4.65. The highest BCUT2D eigenvalue weighted by Crippen LogP contribution is 2.23. The molecule has 2 aromatic carbocycles. The van der Waals surface area contributed by atoms with Crippen molar-refractivity contribution >= 4 is 5.78 Å². The van der Waals surface area contributed by atoms with E-state index in [2.05, 4.69) is 0 Å². The van der Waals surface area contributed by atoms with Crippen molar-refractivity contribution in [2.45, 2.75) is 20.0 Å². The van der Waals surface area contributed by atoms with Crippen LogP contribution < -0.4 is 4.74 Å². The van der Waals surface area contributed by atoms with Crippen LogP contribution in [0.5, 0.6) is 5.75 Å². The minimum absolute atomic E-state index is 0.0395. The lowest BCUT2D eigenvalue weighted by atomic mass is 10.0. The summed E-state index contributed by atoms with van der Waals surface area (Å²) in [6.45, 7) is 3.67. The summed E-state index contributed by atoms with van der Waals surface area (Å²) in [6.07, 6.45) is -0.104. The van der Waals surface area contributed by atoms with Gasteiger partial charge in [0.25, 0.3) is 0 Å². The topological polar surface area (TPSA) is 26.3 Å². The predicted octanol–water partition coefficient (Wildman–Crippen LogP) is 3.98. The fourth-order valence-electron chi connectivity index (χ4n) is 1.85. The number of halogens is 2. The van der Waals surface area contributed by atoms with Crippen molar-refractivity contribution in [3.8, 4) is 5.75 Å². The fraction of sp³-hybridized carbons (Fsp3) is 0.188. The van der Waals surface area contributed by atoms with Crippen molar-refractivity contribution in [3.05, 3.63) is 65.2 Å². The molecule has 0 fully saturated rings. The molecule has 0 spiro atoms. The van der Waals surface area contributed by atoms with Crippen LogP contribution in [0.15, 0.2) is 42.5 Å². The molecule has 2 rings (SSSR count). The van der Waals surface area contributed by atoms with Crippen LogP contribution >= 0.6 is 0 Å². The van der Waals surface area contributed by atoms with Crippen LogP contribution in [-0.4, -0.2) is 11.9 Å². The van der Waals surface area contributed by atoms with Gasteiger partial charge in [0.1, 0.15) is 17.4 Å². The molecule has 0 atom stereocenters. The van der Waals surface area contributed by atoms with E-state index >= 15 is 0 Å². The van der Waals surface area contributed by atoms with E-state index in [0.29, 0.717) is 5.75 Å². The summed E-state index contributed by atoms with van der Waals surface area (Å²) in [5.41, 5.74) is 0.244. The minimum atomic E-state index is -0.782. The maximum Gasteiger partial charge on any atom is 0.196 e. The highest BCUT2D eigenvalue weighted by molar-refractivity contribution is 6.10. The maximum absolute atomic E-state index is 13.2. The average Bonchev–Trinajstić information content (AvgIpc) is 2.36. The molecule has 0 aliphatic heterocycles. The van der Waals surface area contributed by atoms with E-state index in [1.165, 1.54) is 0 Å². The molecule has 4 heteroatoms. The zero-order chi connectivity index (χ0) is 14.7. The fourth-order valence-corrected chi connectivity index (χ4v) is 1.85. The second-order valence-corrected chi connectivity index (χ2v) is 4.65. The van der Waals surface area contributed by atoms with Crippen LogP contribution in [0.25, 0.3) is 0 Å². The quantitative estimate of drug-likeness (QED) is 0.789. The van der Waals surface area contributed by atoms with Gasteiger partial charge in [-0.05, 0) is 38.1 Å². The highest BCUT2D eigenvalue weighted by atomic mass is 19.1. The van der Waals surface area contributed by atoms with Crippen LogP contribution in [0.3, 0.4) is 0 Å². The number of ketones is 1. The van der Waals surface area contributed by atoms with Gasteiger partial charge in [0.15, 0.2) is 5.78 Å². The lowest BCUT2D eigenvalue weighted by Crippen LogP contribution is -2.11. The van der Waals surface area contributed by atoms with Crippen molar-refractivity contribution in [2.24, 2.45) is 0 Å². The van der Waals surface area contributed by atoms with Crippen LogP contribution in [0.4, 0.5) is 8.78 Å². The Kier molecular flexibility index (Phi) is 4.13. The summed E-state index contributed by atoms with van der Waals surface area (Å²) in [6, 6.07) is 9.39. The molecule has 0 heterocycles. The molecule has 104 valence electrons. The lowest BCUT2D eigenvalue weighted by molar-refractivity contribution is 0.103. The summed E-state index contributed by atoms with van der Waals surface area (Å²) in [5.74, 6) is -1.64. The lowest BCUT2D eigenvalue weighted by Gasteiger charge is -2.13. The first-order valence-corrected chi connectivity index (χ1v) is 6.24. The maximum atomic E-state index is 13.2. The number of ether oxygens (including phenoxy) is 1. The van der Waals surface area contributed by atoms with Crippen molar-refractivity contribution < 1.29 is 18.3 Å². The smallest absolute Gasteiger partial charge is 0.196 e. The first-order valence-electron chi connectivity index (χ1n) is 6.24. The van der Waals surface area contributed by atoms with Crippen LogP contribution in [0, 0.1) is 11.6 Å². The van der Waals surface area contributed by atoms with Gasteiger partial charge in [-0.3, -0.25) is 4.79 Å². The van der Waals surface area contributed by atoms with E-state index in [1.54, 1.807) is 24.3 Å². The third-order valence-electron chi connectivity index (χ3n) is 2.62. The van der Waals surface area contributed by atoms with Gasteiger partial charge in [0.2, 0.25) is 0 Å². The monoisotopic (exact) mass is 276 g/mol. The second kappa shape index (κ2) is 5.82. The number of rotatable bonds is 4. The standard InChI is InChI=1S/C16H14F2O2/c1-10(2)20-15-6-4-3-5-14(15)16(19)11-7-12(17)9-13(18)8-11/h3-10H,1-2H3. The van der Waals surface area contributed by atoms with E-state index < -0.39 is 17.4 Å². The summed E-state index contributed by atoms with van der Waals surface area (Å²) in [7, 11) is 0. The molecule has 0 radical (unpaired) electrons. The van der Waals surface area contributed by atoms with Gasteiger partial charge in [0.05, 0.1) is 11.7 Å². The number of carbonyl (C=O) groups is 1. The Morgan fingerprint density at radius 2 is 1.65 bits per heavy atom. The molecule has 20 heavy (non-hydrogen) atoms. The Morgan fingerprint density at radius 1 is 1.05 bits per heavy atom. The van der Waals surface area contributed by atoms with Gasteiger partial charge in [-0.15, -0.1) is 0 Å². The Bertz CT molecular complexity index is 616. The van der Waals surface area contributed by atoms with Gasteiger partial charge in [-0.25, -0.2) is 8.78 Å². The van der Waals surface area contributed by atoms with Crippen molar-refractivity contribution in [3.63, 3.8) is 0 Å². The molecular formula is C16H14F2O2. The van der Waals surface area contributed by atoms with Crippen molar-refractivity contribution in [1.82, 2.24) is 0 Å². The van der Waals surface area contributed by atoms with Gasteiger partial charge >= 0.3 is 0 Å². The Labute approximate surface area is 116 Å². The van der Waals surface area contributed by atoms with E-state index in [1.807, 2.05) is 13.8 Å². The molecule has 2 nitrogen and oxygen atoms in total. The summed E-state index contributed by atoms with van der Waals surface area (Å²) in [4.78, 5) is 12.3. The molecule has 0 amide bonds. The molecular weight excluding hydrogens is 262 g/mol. The molecule has 2 aromatic rings. The van der Waals surface area contributed by atoms with Gasteiger partial charge in [-0.1, -0.05) is 12.1 Å². The molecule has 0 saturated heterocycles. The van der Waals surface area contributed by atoms with E-state index in [-0.39, 0.29) is 17.2 Å². The summed E-state index contributed by atoms with van der Waals surface area (Å²) in [5, 5.41) is 0. The summed E-state index contributed by atoms with van der Waals surface area (Å²) >= 11 is 0.